The lowest BCUT2D eigenvalue weighted by atomic mass is 10.3. The van der Waals surface area contributed by atoms with E-state index < -0.39 is 10.0 Å². The highest BCUT2D eigenvalue weighted by molar-refractivity contribution is 7.91. The third-order valence-corrected chi connectivity index (χ3v) is 5.87. The minimum absolute atomic E-state index is 0.0987. The van der Waals surface area contributed by atoms with Gasteiger partial charge in [-0.25, -0.2) is 13.1 Å². The van der Waals surface area contributed by atoms with Crippen LogP contribution in [-0.4, -0.2) is 40.6 Å². The smallest absolute Gasteiger partial charge is 0.257 e. The number of hydrogen-bond acceptors (Lipinski definition) is 6. The second-order valence-electron chi connectivity index (χ2n) is 4.85. The average molecular weight is 384 g/mol. The Kier molecular flexibility index (Phi) is 7.23. The first-order chi connectivity index (χ1) is 12.0. The molecule has 2 aromatic rings. The van der Waals surface area contributed by atoms with Crippen molar-refractivity contribution in [1.82, 2.24) is 10.0 Å². The Bertz CT molecular complexity index is 776. The minimum Gasteiger partial charge on any atom is -0.490 e. The number of para-hydroxylation sites is 2. The molecule has 1 aromatic heterocycles. The second kappa shape index (κ2) is 9.40. The van der Waals surface area contributed by atoms with Gasteiger partial charge in [-0.05, 0) is 30.5 Å². The molecule has 1 heterocycles. The summed E-state index contributed by atoms with van der Waals surface area (Å²) in [6.07, 6.45) is 0. The van der Waals surface area contributed by atoms with Gasteiger partial charge in [0.05, 0.1) is 6.61 Å². The first kappa shape index (κ1) is 19.2. The van der Waals surface area contributed by atoms with Gasteiger partial charge in [-0.3, -0.25) is 4.79 Å². The molecular formula is C16H20N2O5S2. The number of rotatable bonds is 10. The van der Waals surface area contributed by atoms with Gasteiger partial charge in [-0.2, -0.15) is 0 Å². The maximum Gasteiger partial charge on any atom is 0.257 e. The van der Waals surface area contributed by atoms with E-state index in [1.165, 1.54) is 6.07 Å². The van der Waals surface area contributed by atoms with Crippen molar-refractivity contribution in [3.05, 3.63) is 41.8 Å². The number of benzene rings is 1. The SMILES string of the molecule is CCOc1ccccc1OCC(=O)NCCNS(=O)(=O)c1cccs1. The zero-order valence-electron chi connectivity index (χ0n) is 13.7. The van der Waals surface area contributed by atoms with E-state index in [0.717, 1.165) is 11.3 Å². The molecule has 2 N–H and O–H groups in total. The molecule has 0 unspecified atom stereocenters. The molecular weight excluding hydrogens is 364 g/mol. The first-order valence-corrected chi connectivity index (χ1v) is 10.0. The number of carbonyl (C=O) groups is 1. The Hall–Kier alpha value is -2.10. The Morgan fingerprint density at radius 2 is 1.80 bits per heavy atom. The summed E-state index contributed by atoms with van der Waals surface area (Å²) in [4.78, 5) is 11.8. The van der Waals surface area contributed by atoms with Crippen LogP contribution in [0.15, 0.2) is 46.0 Å². The second-order valence-corrected chi connectivity index (χ2v) is 7.79. The lowest BCUT2D eigenvalue weighted by Crippen LogP contribution is -2.36. The van der Waals surface area contributed by atoms with Crippen LogP contribution in [0.5, 0.6) is 11.5 Å². The highest BCUT2D eigenvalue weighted by atomic mass is 32.2. The molecule has 0 atom stereocenters. The van der Waals surface area contributed by atoms with Gasteiger partial charge < -0.3 is 14.8 Å². The van der Waals surface area contributed by atoms with E-state index in [0.29, 0.717) is 18.1 Å². The van der Waals surface area contributed by atoms with Gasteiger partial charge in [0, 0.05) is 13.1 Å². The Balaban J connectivity index is 1.71. The normalized spacial score (nSPS) is 11.1. The number of ether oxygens (including phenoxy) is 2. The number of sulfonamides is 1. The molecule has 25 heavy (non-hydrogen) atoms. The number of amides is 1. The summed E-state index contributed by atoms with van der Waals surface area (Å²) in [6, 6.07) is 10.3. The zero-order chi connectivity index (χ0) is 18.1. The van der Waals surface area contributed by atoms with Crippen LogP contribution in [0.2, 0.25) is 0 Å². The Morgan fingerprint density at radius 3 is 2.44 bits per heavy atom. The topological polar surface area (TPSA) is 93.7 Å². The highest BCUT2D eigenvalue weighted by Crippen LogP contribution is 2.26. The molecule has 1 amide bonds. The molecule has 0 aliphatic heterocycles. The molecule has 136 valence electrons. The summed E-state index contributed by atoms with van der Waals surface area (Å²) in [7, 11) is -3.51. The lowest BCUT2D eigenvalue weighted by molar-refractivity contribution is -0.123. The first-order valence-electron chi connectivity index (χ1n) is 7.67. The quantitative estimate of drug-likeness (QED) is 0.607. The van der Waals surface area contributed by atoms with Crippen molar-refractivity contribution >= 4 is 27.3 Å². The van der Waals surface area contributed by atoms with E-state index in [9.17, 15) is 13.2 Å². The summed E-state index contributed by atoms with van der Waals surface area (Å²) in [5, 5.41) is 4.28. The van der Waals surface area contributed by atoms with Crippen molar-refractivity contribution in [2.24, 2.45) is 0 Å². The molecule has 1 aromatic carbocycles. The van der Waals surface area contributed by atoms with E-state index in [4.69, 9.17) is 9.47 Å². The number of carbonyl (C=O) groups excluding carboxylic acids is 1. The predicted molar refractivity (Wildman–Crippen MR) is 95.6 cm³/mol. The molecule has 0 fully saturated rings. The third kappa shape index (κ3) is 6.04. The van der Waals surface area contributed by atoms with Crippen LogP contribution < -0.4 is 19.5 Å². The zero-order valence-corrected chi connectivity index (χ0v) is 15.4. The molecule has 7 nitrogen and oxygen atoms in total. The molecule has 0 bridgehead atoms. The van der Waals surface area contributed by atoms with Crippen LogP contribution in [-0.2, 0) is 14.8 Å². The minimum atomic E-state index is -3.51. The van der Waals surface area contributed by atoms with Gasteiger partial charge in [0.15, 0.2) is 18.1 Å². The van der Waals surface area contributed by atoms with E-state index in [1.54, 1.807) is 29.6 Å². The standard InChI is InChI=1S/C16H20N2O5S2/c1-2-22-13-6-3-4-7-14(13)23-12-15(19)17-9-10-18-25(20,21)16-8-5-11-24-16/h3-8,11,18H,2,9-10,12H2,1H3,(H,17,19). The average Bonchev–Trinajstić information content (AvgIpc) is 3.14. The van der Waals surface area contributed by atoms with Crippen LogP contribution in [0.25, 0.3) is 0 Å². The van der Waals surface area contributed by atoms with E-state index >= 15 is 0 Å². The third-order valence-electron chi connectivity index (χ3n) is 3.01. The van der Waals surface area contributed by atoms with Crippen LogP contribution in [0, 0.1) is 0 Å². The predicted octanol–water partition coefficient (Wildman–Crippen LogP) is 1.62. The Morgan fingerprint density at radius 1 is 1.08 bits per heavy atom. The molecule has 0 aliphatic rings. The van der Waals surface area contributed by atoms with Crippen molar-refractivity contribution in [3.63, 3.8) is 0 Å². The molecule has 9 heteroatoms. The molecule has 0 saturated heterocycles. The summed E-state index contributed by atoms with van der Waals surface area (Å²) in [6.45, 7) is 2.45. The van der Waals surface area contributed by atoms with Crippen LogP contribution in [0.1, 0.15) is 6.92 Å². The van der Waals surface area contributed by atoms with Crippen molar-refractivity contribution < 1.29 is 22.7 Å². The van der Waals surface area contributed by atoms with Crippen molar-refractivity contribution in [2.45, 2.75) is 11.1 Å². The van der Waals surface area contributed by atoms with Gasteiger partial charge in [0.25, 0.3) is 5.91 Å². The molecule has 0 spiro atoms. The van der Waals surface area contributed by atoms with Gasteiger partial charge in [-0.1, -0.05) is 18.2 Å². The number of hydrogen-bond donors (Lipinski definition) is 2. The van der Waals surface area contributed by atoms with Crippen molar-refractivity contribution in [2.75, 3.05) is 26.3 Å². The summed E-state index contributed by atoms with van der Waals surface area (Å²) >= 11 is 1.14. The fourth-order valence-corrected chi connectivity index (χ4v) is 3.98. The highest BCUT2D eigenvalue weighted by Gasteiger charge is 2.14. The van der Waals surface area contributed by atoms with E-state index in [1.807, 2.05) is 13.0 Å². The maximum absolute atomic E-state index is 11.9. The van der Waals surface area contributed by atoms with E-state index in [-0.39, 0.29) is 29.8 Å². The van der Waals surface area contributed by atoms with Gasteiger partial charge in [0.1, 0.15) is 4.21 Å². The Labute approximate surface area is 151 Å². The van der Waals surface area contributed by atoms with Gasteiger partial charge in [-0.15, -0.1) is 11.3 Å². The number of thiophene rings is 1. The molecule has 0 saturated carbocycles. The molecule has 2 rings (SSSR count). The van der Waals surface area contributed by atoms with Crippen LogP contribution in [0.4, 0.5) is 0 Å². The van der Waals surface area contributed by atoms with Crippen LogP contribution in [0.3, 0.4) is 0 Å². The molecule has 0 aliphatic carbocycles. The monoisotopic (exact) mass is 384 g/mol. The lowest BCUT2D eigenvalue weighted by Gasteiger charge is -2.11. The molecule has 0 radical (unpaired) electrons. The maximum atomic E-state index is 11.9. The summed E-state index contributed by atoms with van der Waals surface area (Å²) < 4.78 is 37.3. The largest absolute Gasteiger partial charge is 0.490 e. The van der Waals surface area contributed by atoms with Crippen LogP contribution >= 0.6 is 11.3 Å². The van der Waals surface area contributed by atoms with Gasteiger partial charge >= 0.3 is 0 Å². The van der Waals surface area contributed by atoms with Crippen molar-refractivity contribution in [1.29, 1.82) is 0 Å². The van der Waals surface area contributed by atoms with E-state index in [2.05, 4.69) is 10.0 Å². The number of nitrogens with one attached hydrogen (secondary N) is 2. The fourth-order valence-electron chi connectivity index (χ4n) is 1.91. The fraction of sp³-hybridized carbons (Fsp3) is 0.312. The summed E-state index contributed by atoms with van der Waals surface area (Å²) in [5.41, 5.74) is 0. The van der Waals surface area contributed by atoms with Crippen molar-refractivity contribution in [3.8, 4) is 11.5 Å². The summed E-state index contributed by atoms with van der Waals surface area (Å²) in [5.74, 6) is 0.709. The van der Waals surface area contributed by atoms with Gasteiger partial charge in [0.2, 0.25) is 10.0 Å².